The van der Waals surface area contributed by atoms with Gasteiger partial charge >= 0.3 is 0 Å². The van der Waals surface area contributed by atoms with Crippen molar-refractivity contribution in [2.45, 2.75) is 26.2 Å². The number of unbranched alkanes of at least 4 members (excludes halogenated alkanes) is 1. The van der Waals surface area contributed by atoms with E-state index in [1.165, 1.54) is 23.5 Å². The van der Waals surface area contributed by atoms with Crippen LogP contribution in [0.5, 0.6) is 5.75 Å². The molecule has 0 aliphatic heterocycles. The number of nitrogens with zero attached hydrogens (tertiary/aromatic N) is 2. The number of hydrogen-bond donors (Lipinski definition) is 1. The maximum atomic E-state index is 13.3. The largest absolute Gasteiger partial charge is 0.481 e. The normalized spacial score (nSPS) is 10.4. The summed E-state index contributed by atoms with van der Waals surface area (Å²) in [4.78, 5) is 11.7. The summed E-state index contributed by atoms with van der Waals surface area (Å²) in [5.74, 6) is -0.840. The minimum absolute atomic E-state index is 0.0496. The van der Waals surface area contributed by atoms with E-state index in [2.05, 4.69) is 22.4 Å². The van der Waals surface area contributed by atoms with Crippen LogP contribution in [0, 0.1) is 5.82 Å². The average molecular weight is 309 g/mol. The summed E-state index contributed by atoms with van der Waals surface area (Å²) in [5, 5.41) is 11.8. The number of halogens is 1. The topological polar surface area (TPSA) is 64.1 Å². The zero-order valence-corrected chi connectivity index (χ0v) is 12.5. The first-order valence-corrected chi connectivity index (χ1v) is 7.50. The lowest BCUT2D eigenvalue weighted by Gasteiger charge is -2.05. The van der Waals surface area contributed by atoms with Gasteiger partial charge in [0.05, 0.1) is 0 Å². The molecule has 0 saturated carbocycles. The molecular weight excluding hydrogens is 293 g/mol. The molecule has 21 heavy (non-hydrogen) atoms. The van der Waals surface area contributed by atoms with Crippen molar-refractivity contribution in [3.8, 4) is 5.75 Å². The maximum Gasteiger partial charge on any atom is 0.264 e. The zero-order valence-electron chi connectivity index (χ0n) is 11.6. The Kier molecular flexibility index (Phi) is 5.62. The number of ether oxygens (including phenoxy) is 1. The van der Waals surface area contributed by atoms with Crippen molar-refractivity contribution in [1.29, 1.82) is 0 Å². The van der Waals surface area contributed by atoms with Crippen LogP contribution in [0.3, 0.4) is 0 Å². The van der Waals surface area contributed by atoms with Gasteiger partial charge in [-0.05, 0) is 18.6 Å². The molecule has 112 valence electrons. The van der Waals surface area contributed by atoms with E-state index in [0.29, 0.717) is 5.13 Å². The third kappa shape index (κ3) is 4.78. The molecule has 7 heteroatoms. The molecular formula is C14H16FN3O2S. The molecule has 0 atom stereocenters. The second kappa shape index (κ2) is 7.68. The van der Waals surface area contributed by atoms with Crippen molar-refractivity contribution >= 4 is 22.4 Å². The summed E-state index contributed by atoms with van der Waals surface area (Å²) >= 11 is 1.34. The highest BCUT2D eigenvalue weighted by Crippen LogP contribution is 2.18. The van der Waals surface area contributed by atoms with Gasteiger partial charge in [0.2, 0.25) is 5.13 Å². The van der Waals surface area contributed by atoms with E-state index >= 15 is 0 Å². The molecule has 0 spiro atoms. The van der Waals surface area contributed by atoms with Crippen molar-refractivity contribution in [1.82, 2.24) is 10.2 Å². The second-order valence-corrected chi connectivity index (χ2v) is 5.43. The lowest BCUT2D eigenvalue weighted by molar-refractivity contribution is -0.118. The Hall–Kier alpha value is -2.02. The number of carbonyl (C=O) groups is 1. The molecule has 1 N–H and O–H groups in total. The molecule has 5 nitrogen and oxygen atoms in total. The van der Waals surface area contributed by atoms with Gasteiger partial charge < -0.3 is 4.74 Å². The standard InChI is InChI=1S/C14H16FN3O2S/c1-2-3-8-13-17-18-14(21-13)16-12(19)9-20-11-7-5-4-6-10(11)15/h4-7H,2-3,8-9H2,1H3,(H,16,18,19). The van der Waals surface area contributed by atoms with Gasteiger partial charge in [-0.15, -0.1) is 10.2 Å². The summed E-state index contributed by atoms with van der Waals surface area (Å²) < 4.78 is 18.4. The first kappa shape index (κ1) is 15.4. The molecule has 1 aromatic carbocycles. The molecule has 1 amide bonds. The van der Waals surface area contributed by atoms with E-state index in [0.717, 1.165) is 24.3 Å². The molecule has 0 bridgehead atoms. The number of amides is 1. The number of nitrogens with one attached hydrogen (secondary N) is 1. The van der Waals surface area contributed by atoms with Crippen LogP contribution in [0.4, 0.5) is 9.52 Å². The Morgan fingerprint density at radius 3 is 2.95 bits per heavy atom. The van der Waals surface area contributed by atoms with Gasteiger partial charge in [0, 0.05) is 6.42 Å². The third-order valence-electron chi connectivity index (χ3n) is 2.65. The quantitative estimate of drug-likeness (QED) is 0.854. The SMILES string of the molecule is CCCCc1nnc(NC(=O)COc2ccccc2F)s1. The fourth-order valence-corrected chi connectivity index (χ4v) is 2.39. The van der Waals surface area contributed by atoms with E-state index in [4.69, 9.17) is 4.74 Å². The number of anilines is 1. The first-order chi connectivity index (χ1) is 10.2. The smallest absolute Gasteiger partial charge is 0.264 e. The third-order valence-corrected chi connectivity index (χ3v) is 3.55. The van der Waals surface area contributed by atoms with Gasteiger partial charge in [-0.3, -0.25) is 10.1 Å². The number of hydrogen-bond acceptors (Lipinski definition) is 5. The molecule has 0 radical (unpaired) electrons. The molecule has 0 aliphatic carbocycles. The Morgan fingerprint density at radius 1 is 1.38 bits per heavy atom. The van der Waals surface area contributed by atoms with Crippen LogP contribution < -0.4 is 10.1 Å². The van der Waals surface area contributed by atoms with Gasteiger partial charge in [0.15, 0.2) is 18.2 Å². The predicted molar refractivity (Wildman–Crippen MR) is 79.0 cm³/mol. The fourth-order valence-electron chi connectivity index (χ4n) is 1.59. The van der Waals surface area contributed by atoms with Crippen LogP contribution in [0.25, 0.3) is 0 Å². The van der Waals surface area contributed by atoms with E-state index in [-0.39, 0.29) is 12.4 Å². The van der Waals surface area contributed by atoms with Crippen LogP contribution in [-0.4, -0.2) is 22.7 Å². The van der Waals surface area contributed by atoms with Gasteiger partial charge in [0.25, 0.3) is 5.91 Å². The summed E-state index contributed by atoms with van der Waals surface area (Å²) in [7, 11) is 0. The van der Waals surface area contributed by atoms with Gasteiger partial charge in [0.1, 0.15) is 5.01 Å². The minimum atomic E-state index is -0.497. The number of carbonyl (C=O) groups excluding carboxylic acids is 1. The molecule has 0 fully saturated rings. The summed E-state index contributed by atoms with van der Waals surface area (Å²) in [5.41, 5.74) is 0. The molecule has 1 heterocycles. The van der Waals surface area contributed by atoms with Gasteiger partial charge in [-0.2, -0.15) is 0 Å². The number of aryl methyl sites for hydroxylation is 1. The monoisotopic (exact) mass is 309 g/mol. The van der Waals surface area contributed by atoms with Crippen LogP contribution in [0.15, 0.2) is 24.3 Å². The van der Waals surface area contributed by atoms with Crippen molar-refractivity contribution in [2.24, 2.45) is 0 Å². The van der Waals surface area contributed by atoms with Crippen molar-refractivity contribution in [3.05, 3.63) is 35.1 Å². The molecule has 2 aromatic rings. The summed E-state index contributed by atoms with van der Waals surface area (Å²) in [6.07, 6.45) is 2.98. The Balaban J connectivity index is 1.82. The van der Waals surface area contributed by atoms with E-state index in [1.807, 2.05) is 0 Å². The van der Waals surface area contributed by atoms with E-state index < -0.39 is 11.7 Å². The molecule has 0 unspecified atom stereocenters. The summed E-state index contributed by atoms with van der Waals surface area (Å²) in [6.45, 7) is 1.83. The minimum Gasteiger partial charge on any atom is -0.481 e. The van der Waals surface area contributed by atoms with Crippen molar-refractivity contribution < 1.29 is 13.9 Å². The Morgan fingerprint density at radius 2 is 2.19 bits per heavy atom. The Bertz CT molecular complexity index is 603. The number of benzene rings is 1. The van der Waals surface area contributed by atoms with Crippen LogP contribution >= 0.6 is 11.3 Å². The fraction of sp³-hybridized carbons (Fsp3) is 0.357. The molecule has 0 aliphatic rings. The lowest BCUT2D eigenvalue weighted by Crippen LogP contribution is -2.20. The highest BCUT2D eigenvalue weighted by Gasteiger charge is 2.10. The maximum absolute atomic E-state index is 13.3. The average Bonchev–Trinajstić information content (AvgIpc) is 2.91. The van der Waals surface area contributed by atoms with E-state index in [9.17, 15) is 9.18 Å². The van der Waals surface area contributed by atoms with Crippen LogP contribution in [-0.2, 0) is 11.2 Å². The van der Waals surface area contributed by atoms with Crippen molar-refractivity contribution in [3.63, 3.8) is 0 Å². The van der Waals surface area contributed by atoms with Gasteiger partial charge in [-0.1, -0.05) is 36.8 Å². The van der Waals surface area contributed by atoms with Gasteiger partial charge in [-0.25, -0.2) is 4.39 Å². The number of para-hydroxylation sites is 1. The zero-order chi connectivity index (χ0) is 15.1. The van der Waals surface area contributed by atoms with Crippen molar-refractivity contribution in [2.75, 3.05) is 11.9 Å². The highest BCUT2D eigenvalue weighted by atomic mass is 32.1. The highest BCUT2D eigenvalue weighted by molar-refractivity contribution is 7.15. The lowest BCUT2D eigenvalue weighted by atomic mass is 10.3. The summed E-state index contributed by atoms with van der Waals surface area (Å²) in [6, 6.07) is 5.94. The van der Waals surface area contributed by atoms with Crippen LogP contribution in [0.2, 0.25) is 0 Å². The first-order valence-electron chi connectivity index (χ1n) is 6.68. The molecule has 0 saturated heterocycles. The van der Waals surface area contributed by atoms with E-state index in [1.54, 1.807) is 12.1 Å². The number of aromatic nitrogens is 2. The Labute approximate surface area is 126 Å². The molecule has 1 aromatic heterocycles. The molecule has 2 rings (SSSR count). The predicted octanol–water partition coefficient (Wildman–Crippen LogP) is 3.04. The second-order valence-electron chi connectivity index (χ2n) is 4.37. The number of rotatable bonds is 7. The van der Waals surface area contributed by atoms with Crippen LogP contribution in [0.1, 0.15) is 24.8 Å².